The van der Waals surface area contributed by atoms with E-state index in [1.54, 1.807) is 44.4 Å². The van der Waals surface area contributed by atoms with Crippen molar-refractivity contribution in [1.29, 1.82) is 0 Å². The summed E-state index contributed by atoms with van der Waals surface area (Å²) in [6.07, 6.45) is -0.267. The summed E-state index contributed by atoms with van der Waals surface area (Å²) in [5, 5.41) is 0.556. The lowest BCUT2D eigenvalue weighted by Crippen LogP contribution is -2.25. The molecule has 1 heterocycles. The summed E-state index contributed by atoms with van der Waals surface area (Å²) in [7, 11) is 3.13. The van der Waals surface area contributed by atoms with E-state index in [4.69, 9.17) is 9.15 Å². The zero-order chi connectivity index (χ0) is 22.0. The standard InChI is InChI=1S/C25H20FNO4/c1-27(2)25(29)30-17-12-13-19-22(15-17)31-24(28)20(14-16-8-4-3-5-9-16)23(19)18-10-6-7-11-21(18)26/h3-13,15H,14H2,1-2H3. The predicted molar refractivity (Wildman–Crippen MR) is 117 cm³/mol. The Labute approximate surface area is 178 Å². The van der Waals surface area contributed by atoms with Crippen molar-refractivity contribution in [2.75, 3.05) is 14.1 Å². The molecule has 0 saturated carbocycles. The second-order valence-electron chi connectivity index (χ2n) is 7.31. The topological polar surface area (TPSA) is 59.8 Å². The van der Waals surface area contributed by atoms with Crippen LogP contribution >= 0.6 is 0 Å². The van der Waals surface area contributed by atoms with E-state index in [9.17, 15) is 14.0 Å². The number of hydrogen-bond acceptors (Lipinski definition) is 4. The number of benzene rings is 3. The first kappa shape index (κ1) is 20.3. The van der Waals surface area contributed by atoms with Gasteiger partial charge in [-0.25, -0.2) is 14.0 Å². The molecule has 3 aromatic carbocycles. The predicted octanol–water partition coefficient (Wildman–Crippen LogP) is 5.25. The summed E-state index contributed by atoms with van der Waals surface area (Å²) < 4.78 is 25.6. The lowest BCUT2D eigenvalue weighted by Gasteiger charge is -2.14. The van der Waals surface area contributed by atoms with Gasteiger partial charge in [-0.3, -0.25) is 0 Å². The maximum absolute atomic E-state index is 14.8. The second kappa shape index (κ2) is 8.44. The maximum atomic E-state index is 14.8. The zero-order valence-corrected chi connectivity index (χ0v) is 17.1. The average Bonchev–Trinajstić information content (AvgIpc) is 2.75. The first-order valence-electron chi connectivity index (χ1n) is 9.71. The summed E-state index contributed by atoms with van der Waals surface area (Å²) >= 11 is 0. The van der Waals surface area contributed by atoms with Crippen LogP contribution in [0.3, 0.4) is 0 Å². The molecule has 156 valence electrons. The van der Waals surface area contributed by atoms with Gasteiger partial charge in [0.1, 0.15) is 17.1 Å². The molecule has 0 atom stereocenters. The van der Waals surface area contributed by atoms with Gasteiger partial charge in [-0.1, -0.05) is 48.5 Å². The zero-order valence-electron chi connectivity index (χ0n) is 17.1. The van der Waals surface area contributed by atoms with Gasteiger partial charge >= 0.3 is 11.7 Å². The van der Waals surface area contributed by atoms with Gasteiger partial charge in [0.2, 0.25) is 0 Å². The van der Waals surface area contributed by atoms with E-state index < -0.39 is 17.5 Å². The fourth-order valence-electron chi connectivity index (χ4n) is 3.41. The van der Waals surface area contributed by atoms with E-state index in [-0.39, 0.29) is 11.3 Å². The third kappa shape index (κ3) is 4.19. The molecule has 0 N–H and O–H groups in total. The average molecular weight is 417 g/mol. The van der Waals surface area contributed by atoms with Crippen molar-refractivity contribution in [1.82, 2.24) is 4.90 Å². The molecule has 0 bridgehead atoms. The summed E-state index contributed by atoms with van der Waals surface area (Å²) in [6.45, 7) is 0. The molecule has 0 aliphatic rings. The van der Waals surface area contributed by atoms with Crippen LogP contribution in [0.4, 0.5) is 9.18 Å². The number of carbonyl (C=O) groups excluding carboxylic acids is 1. The molecule has 0 fully saturated rings. The molecule has 4 rings (SSSR count). The molecule has 1 aromatic heterocycles. The number of rotatable bonds is 4. The summed E-state index contributed by atoms with van der Waals surface area (Å²) in [4.78, 5) is 26.1. The summed E-state index contributed by atoms with van der Waals surface area (Å²) in [6, 6.07) is 20.5. The molecule has 4 aromatic rings. The van der Waals surface area contributed by atoms with Crippen molar-refractivity contribution in [3.8, 4) is 16.9 Å². The Morgan fingerprint density at radius 3 is 2.42 bits per heavy atom. The van der Waals surface area contributed by atoms with Gasteiger partial charge in [0.25, 0.3) is 0 Å². The molecule has 31 heavy (non-hydrogen) atoms. The van der Waals surface area contributed by atoms with Crippen molar-refractivity contribution in [3.63, 3.8) is 0 Å². The van der Waals surface area contributed by atoms with Crippen molar-refractivity contribution in [2.45, 2.75) is 6.42 Å². The first-order valence-corrected chi connectivity index (χ1v) is 9.71. The van der Waals surface area contributed by atoms with Crippen molar-refractivity contribution in [3.05, 3.63) is 100 Å². The van der Waals surface area contributed by atoms with Crippen LogP contribution in [0.15, 0.2) is 82.0 Å². The Bertz CT molecular complexity index is 1310. The molecule has 0 spiro atoms. The van der Waals surface area contributed by atoms with Gasteiger partial charge in [0.15, 0.2) is 0 Å². The molecule has 0 unspecified atom stereocenters. The summed E-state index contributed by atoms with van der Waals surface area (Å²) in [5.74, 6) is -0.212. The minimum absolute atomic E-state index is 0.212. The smallest absolute Gasteiger partial charge is 0.414 e. The van der Waals surface area contributed by atoms with Gasteiger partial charge < -0.3 is 14.1 Å². The maximum Gasteiger partial charge on any atom is 0.414 e. The Balaban J connectivity index is 1.93. The van der Waals surface area contributed by atoms with E-state index in [2.05, 4.69) is 0 Å². The highest BCUT2D eigenvalue weighted by atomic mass is 19.1. The van der Waals surface area contributed by atoms with Crippen molar-refractivity contribution < 1.29 is 18.3 Å². The summed E-state index contributed by atoms with van der Waals surface area (Å²) in [5.41, 5.74) is 1.70. The highest BCUT2D eigenvalue weighted by molar-refractivity contribution is 5.96. The Morgan fingerprint density at radius 1 is 1.00 bits per heavy atom. The number of nitrogens with zero attached hydrogens (tertiary/aromatic N) is 1. The van der Waals surface area contributed by atoms with Crippen LogP contribution < -0.4 is 10.4 Å². The van der Waals surface area contributed by atoms with Crippen LogP contribution in [0.25, 0.3) is 22.1 Å². The fourth-order valence-corrected chi connectivity index (χ4v) is 3.41. The van der Waals surface area contributed by atoms with E-state index in [0.29, 0.717) is 28.5 Å². The van der Waals surface area contributed by atoms with Crippen molar-refractivity contribution in [2.24, 2.45) is 0 Å². The molecule has 5 nitrogen and oxygen atoms in total. The van der Waals surface area contributed by atoms with Crippen LogP contribution in [0.2, 0.25) is 0 Å². The molecule has 6 heteroatoms. The van der Waals surface area contributed by atoms with Gasteiger partial charge in [-0.2, -0.15) is 0 Å². The van der Waals surface area contributed by atoms with E-state index >= 15 is 0 Å². The van der Waals surface area contributed by atoms with Crippen LogP contribution in [0.5, 0.6) is 5.75 Å². The number of halogens is 1. The molecule has 1 amide bonds. The lowest BCUT2D eigenvalue weighted by atomic mass is 9.93. The number of carbonyl (C=O) groups is 1. The Morgan fingerprint density at radius 2 is 1.71 bits per heavy atom. The minimum Gasteiger partial charge on any atom is -0.422 e. The van der Waals surface area contributed by atoms with Gasteiger partial charge in [0, 0.05) is 43.1 Å². The molecular weight excluding hydrogens is 397 g/mol. The third-order valence-electron chi connectivity index (χ3n) is 4.91. The van der Waals surface area contributed by atoms with Crippen LogP contribution in [-0.4, -0.2) is 25.1 Å². The number of amides is 1. The third-order valence-corrected chi connectivity index (χ3v) is 4.91. The van der Waals surface area contributed by atoms with Crippen LogP contribution in [0, 0.1) is 5.82 Å². The molecular formula is C25H20FNO4. The number of ether oxygens (including phenoxy) is 1. The largest absolute Gasteiger partial charge is 0.422 e. The van der Waals surface area contributed by atoms with E-state index in [0.717, 1.165) is 5.56 Å². The fraction of sp³-hybridized carbons (Fsp3) is 0.120. The number of hydrogen-bond donors (Lipinski definition) is 0. The highest BCUT2D eigenvalue weighted by Gasteiger charge is 2.20. The van der Waals surface area contributed by atoms with Crippen LogP contribution in [-0.2, 0) is 6.42 Å². The minimum atomic E-state index is -0.564. The van der Waals surface area contributed by atoms with E-state index in [1.165, 1.54) is 17.0 Å². The van der Waals surface area contributed by atoms with Gasteiger partial charge in [0.05, 0.1) is 5.56 Å². The SMILES string of the molecule is CN(C)C(=O)Oc1ccc2c(-c3ccccc3F)c(Cc3ccccc3)c(=O)oc2c1. The van der Waals surface area contributed by atoms with Crippen molar-refractivity contribution >= 4 is 17.1 Å². The monoisotopic (exact) mass is 417 g/mol. The number of fused-ring (bicyclic) bond motifs is 1. The first-order chi connectivity index (χ1) is 14.9. The van der Waals surface area contributed by atoms with Gasteiger partial charge in [-0.15, -0.1) is 0 Å². The quantitative estimate of drug-likeness (QED) is 0.426. The molecule has 0 aliphatic carbocycles. The molecule has 0 aliphatic heterocycles. The van der Waals surface area contributed by atoms with E-state index in [1.807, 2.05) is 30.3 Å². The Kier molecular flexibility index (Phi) is 5.54. The highest BCUT2D eigenvalue weighted by Crippen LogP contribution is 2.34. The van der Waals surface area contributed by atoms with Gasteiger partial charge in [-0.05, 0) is 23.8 Å². The molecule has 0 saturated heterocycles. The van der Waals surface area contributed by atoms with Crippen LogP contribution in [0.1, 0.15) is 11.1 Å². The molecule has 0 radical (unpaired) electrons. The second-order valence-corrected chi connectivity index (χ2v) is 7.31. The Hall–Kier alpha value is -3.93. The normalized spacial score (nSPS) is 10.8. The lowest BCUT2D eigenvalue weighted by molar-refractivity contribution is 0.172.